The average molecular weight is 426 g/mol. The Morgan fingerprint density at radius 3 is 2.42 bits per heavy atom. The van der Waals surface area contributed by atoms with Crippen LogP contribution in [-0.2, 0) is 13.6 Å². The van der Waals surface area contributed by atoms with Crippen molar-refractivity contribution in [1.29, 1.82) is 0 Å². The van der Waals surface area contributed by atoms with E-state index in [2.05, 4.69) is 10.4 Å². The first-order valence-corrected chi connectivity index (χ1v) is 9.68. The lowest BCUT2D eigenvalue weighted by atomic mass is 10.1. The Morgan fingerprint density at radius 1 is 1.03 bits per heavy atom. The number of rotatable bonds is 8. The molecule has 31 heavy (non-hydrogen) atoms. The van der Waals surface area contributed by atoms with Crippen molar-refractivity contribution in [3.8, 4) is 28.5 Å². The van der Waals surface area contributed by atoms with E-state index in [1.165, 1.54) is 17.9 Å². The van der Waals surface area contributed by atoms with Crippen molar-refractivity contribution in [3.05, 3.63) is 58.1 Å². The zero-order valence-corrected chi connectivity index (χ0v) is 18.3. The summed E-state index contributed by atoms with van der Waals surface area (Å²) in [6.07, 6.45) is 0. The zero-order chi connectivity index (χ0) is 22.5. The molecule has 0 aliphatic rings. The zero-order valence-electron chi connectivity index (χ0n) is 18.3. The molecule has 164 valence electrons. The molecule has 0 spiro atoms. The molecular formula is C22H26N4O5. The molecule has 0 unspecified atom stereocenters. The Balaban J connectivity index is 1.75. The van der Waals surface area contributed by atoms with Crippen LogP contribution in [0.3, 0.4) is 0 Å². The fraction of sp³-hybridized carbons (Fsp3) is 0.318. The molecule has 0 fully saturated rings. The van der Waals surface area contributed by atoms with Gasteiger partial charge in [-0.1, -0.05) is 0 Å². The molecule has 0 saturated heterocycles. The molecular weight excluding hydrogens is 400 g/mol. The van der Waals surface area contributed by atoms with Crippen molar-refractivity contribution in [3.63, 3.8) is 0 Å². The van der Waals surface area contributed by atoms with Gasteiger partial charge in [-0.05, 0) is 37.3 Å². The molecule has 9 heteroatoms. The maximum Gasteiger partial charge on any atom is 0.269 e. The smallest absolute Gasteiger partial charge is 0.269 e. The first-order chi connectivity index (χ1) is 14.9. The number of methoxy groups -OCH3 is 3. The number of benzene rings is 1. The van der Waals surface area contributed by atoms with E-state index >= 15 is 0 Å². The Labute approximate surface area is 180 Å². The van der Waals surface area contributed by atoms with Crippen molar-refractivity contribution in [2.24, 2.45) is 7.05 Å². The molecule has 1 aromatic carbocycles. The van der Waals surface area contributed by atoms with E-state index in [-0.39, 0.29) is 18.0 Å². The average Bonchev–Trinajstić information content (AvgIpc) is 3.16. The summed E-state index contributed by atoms with van der Waals surface area (Å²) < 4.78 is 18.9. The molecule has 3 aromatic rings. The number of ether oxygens (including phenoxy) is 3. The highest BCUT2D eigenvalue weighted by molar-refractivity contribution is 5.93. The van der Waals surface area contributed by atoms with Gasteiger partial charge in [0.05, 0.1) is 27.0 Å². The second-order valence-corrected chi connectivity index (χ2v) is 6.89. The van der Waals surface area contributed by atoms with E-state index in [1.54, 1.807) is 50.1 Å². The van der Waals surface area contributed by atoms with Gasteiger partial charge in [0.1, 0.15) is 22.9 Å². The highest BCUT2D eigenvalue weighted by Crippen LogP contribution is 2.32. The minimum absolute atomic E-state index is 0.181. The lowest BCUT2D eigenvalue weighted by Gasteiger charge is -2.12. The van der Waals surface area contributed by atoms with Crippen LogP contribution < -0.4 is 25.1 Å². The number of carbonyl (C=O) groups excluding carboxylic acids is 1. The normalized spacial score (nSPS) is 10.6. The quantitative estimate of drug-likeness (QED) is 0.592. The third kappa shape index (κ3) is 4.71. The van der Waals surface area contributed by atoms with Crippen LogP contribution in [0.5, 0.6) is 17.2 Å². The lowest BCUT2D eigenvalue weighted by molar-refractivity contribution is 0.0942. The minimum atomic E-state index is -0.290. The predicted octanol–water partition coefficient (Wildman–Crippen LogP) is 2.01. The SMILES string of the molecule is COc1ccc(OC)c(-c2cc(C(=O)NCCn3c(C)cc(OC)cc3=O)n(C)n2)c1. The summed E-state index contributed by atoms with van der Waals surface area (Å²) in [5.41, 5.74) is 2.27. The third-order valence-corrected chi connectivity index (χ3v) is 4.96. The third-order valence-electron chi connectivity index (χ3n) is 4.96. The number of pyridine rings is 1. The summed E-state index contributed by atoms with van der Waals surface area (Å²) in [6.45, 7) is 2.45. The van der Waals surface area contributed by atoms with Gasteiger partial charge in [0.25, 0.3) is 11.5 Å². The number of nitrogens with one attached hydrogen (secondary N) is 1. The molecule has 0 saturated carbocycles. The highest BCUT2D eigenvalue weighted by atomic mass is 16.5. The van der Waals surface area contributed by atoms with Gasteiger partial charge in [0.2, 0.25) is 0 Å². The lowest BCUT2D eigenvalue weighted by Crippen LogP contribution is -2.32. The molecule has 1 N–H and O–H groups in total. The standard InChI is InChI=1S/C22H26N4O5/c1-14-10-16(30-4)12-21(27)26(14)9-8-23-22(28)19-13-18(24-25(19)2)17-11-15(29-3)6-7-20(17)31-5/h6-7,10-13H,8-9H2,1-5H3,(H,23,28). The number of carbonyl (C=O) groups is 1. The maximum atomic E-state index is 12.7. The van der Waals surface area contributed by atoms with Gasteiger partial charge >= 0.3 is 0 Å². The first kappa shape index (κ1) is 21.9. The molecule has 2 heterocycles. The molecule has 2 aromatic heterocycles. The maximum absolute atomic E-state index is 12.7. The van der Waals surface area contributed by atoms with Crippen LogP contribution in [0.25, 0.3) is 11.3 Å². The van der Waals surface area contributed by atoms with Crippen molar-refractivity contribution in [2.75, 3.05) is 27.9 Å². The van der Waals surface area contributed by atoms with Crippen molar-refractivity contribution >= 4 is 5.91 Å². The molecule has 9 nitrogen and oxygen atoms in total. The summed E-state index contributed by atoms with van der Waals surface area (Å²) >= 11 is 0. The van der Waals surface area contributed by atoms with Gasteiger partial charge < -0.3 is 24.1 Å². The number of hydrogen-bond donors (Lipinski definition) is 1. The van der Waals surface area contributed by atoms with Crippen LogP contribution in [0.4, 0.5) is 0 Å². The fourth-order valence-electron chi connectivity index (χ4n) is 3.30. The number of hydrogen-bond acceptors (Lipinski definition) is 6. The number of aromatic nitrogens is 3. The van der Waals surface area contributed by atoms with Gasteiger partial charge in [0.15, 0.2) is 0 Å². The van der Waals surface area contributed by atoms with Crippen molar-refractivity contribution in [1.82, 2.24) is 19.7 Å². The minimum Gasteiger partial charge on any atom is -0.497 e. The van der Waals surface area contributed by atoms with E-state index in [0.29, 0.717) is 35.2 Å². The highest BCUT2D eigenvalue weighted by Gasteiger charge is 2.17. The summed E-state index contributed by atoms with van der Waals surface area (Å²) in [4.78, 5) is 24.9. The number of amides is 1. The summed E-state index contributed by atoms with van der Waals surface area (Å²) in [5, 5.41) is 7.29. The van der Waals surface area contributed by atoms with Gasteiger partial charge in [-0.3, -0.25) is 14.3 Å². The van der Waals surface area contributed by atoms with Crippen LogP contribution in [0.15, 0.2) is 41.2 Å². The fourth-order valence-corrected chi connectivity index (χ4v) is 3.30. The Bertz CT molecular complexity index is 1150. The number of aryl methyl sites for hydroxylation is 2. The van der Waals surface area contributed by atoms with E-state index in [0.717, 1.165) is 11.3 Å². The van der Waals surface area contributed by atoms with E-state index in [1.807, 2.05) is 13.0 Å². The van der Waals surface area contributed by atoms with E-state index in [4.69, 9.17) is 14.2 Å². The van der Waals surface area contributed by atoms with Gasteiger partial charge in [0, 0.05) is 37.5 Å². The Morgan fingerprint density at radius 2 is 1.77 bits per heavy atom. The summed E-state index contributed by atoms with van der Waals surface area (Å²) in [6, 6.07) is 10.3. The van der Waals surface area contributed by atoms with Crippen LogP contribution in [0.1, 0.15) is 16.2 Å². The molecule has 1 amide bonds. The second-order valence-electron chi connectivity index (χ2n) is 6.89. The second kappa shape index (κ2) is 9.38. The molecule has 0 bridgehead atoms. The van der Waals surface area contributed by atoms with Gasteiger partial charge in [-0.25, -0.2) is 0 Å². The van der Waals surface area contributed by atoms with Gasteiger partial charge in [-0.15, -0.1) is 0 Å². The topological polar surface area (TPSA) is 96.6 Å². The molecule has 0 aliphatic heterocycles. The monoisotopic (exact) mass is 426 g/mol. The van der Waals surface area contributed by atoms with Crippen LogP contribution >= 0.6 is 0 Å². The largest absolute Gasteiger partial charge is 0.497 e. The van der Waals surface area contributed by atoms with Crippen LogP contribution in [0.2, 0.25) is 0 Å². The van der Waals surface area contributed by atoms with Crippen molar-refractivity contribution in [2.45, 2.75) is 13.5 Å². The van der Waals surface area contributed by atoms with Crippen LogP contribution in [0, 0.1) is 6.92 Å². The molecule has 0 radical (unpaired) electrons. The summed E-state index contributed by atoms with van der Waals surface area (Å²) in [5.74, 6) is 1.51. The molecule has 0 aliphatic carbocycles. The Kier molecular flexibility index (Phi) is 6.64. The van der Waals surface area contributed by atoms with Crippen molar-refractivity contribution < 1.29 is 19.0 Å². The first-order valence-electron chi connectivity index (χ1n) is 9.68. The number of nitrogens with zero attached hydrogens (tertiary/aromatic N) is 3. The van der Waals surface area contributed by atoms with Gasteiger partial charge in [-0.2, -0.15) is 5.10 Å². The molecule has 0 atom stereocenters. The Hall–Kier alpha value is -3.75. The van der Waals surface area contributed by atoms with E-state index < -0.39 is 0 Å². The van der Waals surface area contributed by atoms with Crippen LogP contribution in [-0.4, -0.2) is 48.1 Å². The molecule has 3 rings (SSSR count). The van der Waals surface area contributed by atoms with E-state index in [9.17, 15) is 9.59 Å². The summed E-state index contributed by atoms with van der Waals surface area (Å²) in [7, 11) is 6.37. The predicted molar refractivity (Wildman–Crippen MR) is 116 cm³/mol.